The van der Waals surface area contributed by atoms with Crippen molar-refractivity contribution in [2.24, 2.45) is 0 Å². The van der Waals surface area contributed by atoms with Gasteiger partial charge < -0.3 is 20.8 Å². The molecule has 6 heteroatoms. The summed E-state index contributed by atoms with van der Waals surface area (Å²) in [4.78, 5) is 21.7. The Hall–Kier alpha value is -2.24. The number of rotatable bonds is 2. The van der Waals surface area contributed by atoms with Gasteiger partial charge >= 0.3 is 12.0 Å². The highest BCUT2D eigenvalue weighted by molar-refractivity contribution is 6.00. The zero-order valence-electron chi connectivity index (χ0n) is 7.94. The first-order valence-corrected chi connectivity index (χ1v) is 4.09. The fourth-order valence-corrected chi connectivity index (χ4v) is 1.00. The van der Waals surface area contributed by atoms with E-state index in [1.54, 1.807) is 0 Å². The van der Waals surface area contributed by atoms with Gasteiger partial charge in [-0.15, -0.1) is 0 Å². The Morgan fingerprint density at radius 1 is 1.33 bits per heavy atom. The Morgan fingerprint density at radius 3 is 2.53 bits per heavy atom. The second-order valence-corrected chi connectivity index (χ2v) is 2.74. The van der Waals surface area contributed by atoms with E-state index in [9.17, 15) is 9.59 Å². The SMILES string of the molecule is CNC(=O)Nc1ccc(O)cc1C(=O)O. The molecule has 0 radical (unpaired) electrons. The highest BCUT2D eigenvalue weighted by Crippen LogP contribution is 2.21. The summed E-state index contributed by atoms with van der Waals surface area (Å²) < 4.78 is 0. The molecule has 15 heavy (non-hydrogen) atoms. The molecular formula is C9H10N2O4. The van der Waals surface area contributed by atoms with Crippen LogP contribution in [0, 0.1) is 0 Å². The highest BCUT2D eigenvalue weighted by Gasteiger charge is 2.12. The molecule has 0 saturated heterocycles. The second kappa shape index (κ2) is 4.32. The number of benzene rings is 1. The maximum absolute atomic E-state index is 11.0. The molecule has 0 fully saturated rings. The number of urea groups is 1. The number of phenolic OH excluding ortho intramolecular Hbond substituents is 1. The van der Waals surface area contributed by atoms with Gasteiger partial charge in [-0.1, -0.05) is 0 Å². The molecule has 1 aromatic carbocycles. The van der Waals surface area contributed by atoms with E-state index in [0.29, 0.717) is 0 Å². The van der Waals surface area contributed by atoms with E-state index in [2.05, 4.69) is 10.6 Å². The molecular weight excluding hydrogens is 200 g/mol. The number of phenols is 1. The molecule has 1 aromatic rings. The van der Waals surface area contributed by atoms with Crippen molar-refractivity contribution in [1.82, 2.24) is 5.32 Å². The minimum absolute atomic E-state index is 0.125. The molecule has 0 aliphatic heterocycles. The molecule has 2 amide bonds. The zero-order chi connectivity index (χ0) is 11.4. The van der Waals surface area contributed by atoms with Gasteiger partial charge in [0.05, 0.1) is 11.3 Å². The molecule has 0 aromatic heterocycles. The van der Waals surface area contributed by atoms with E-state index >= 15 is 0 Å². The lowest BCUT2D eigenvalue weighted by Crippen LogP contribution is -2.25. The Balaban J connectivity index is 3.06. The van der Waals surface area contributed by atoms with Crippen molar-refractivity contribution in [2.75, 3.05) is 12.4 Å². The van der Waals surface area contributed by atoms with Crippen molar-refractivity contribution in [3.63, 3.8) is 0 Å². The van der Waals surface area contributed by atoms with Crippen LogP contribution in [0.3, 0.4) is 0 Å². The largest absolute Gasteiger partial charge is 0.508 e. The molecule has 0 aliphatic carbocycles. The van der Waals surface area contributed by atoms with Gasteiger partial charge in [0.15, 0.2) is 0 Å². The Bertz CT molecular complexity index is 403. The number of carboxylic acid groups (broad SMARTS) is 1. The monoisotopic (exact) mass is 210 g/mol. The summed E-state index contributed by atoms with van der Waals surface area (Å²) in [5, 5.41) is 22.5. The lowest BCUT2D eigenvalue weighted by Gasteiger charge is -2.07. The quantitative estimate of drug-likeness (QED) is 0.543. The molecule has 0 spiro atoms. The minimum Gasteiger partial charge on any atom is -0.508 e. The molecule has 4 N–H and O–H groups in total. The number of nitrogens with one attached hydrogen (secondary N) is 2. The summed E-state index contributed by atoms with van der Waals surface area (Å²) in [7, 11) is 1.41. The lowest BCUT2D eigenvalue weighted by molar-refractivity contribution is 0.0697. The van der Waals surface area contributed by atoms with E-state index in [-0.39, 0.29) is 17.0 Å². The summed E-state index contributed by atoms with van der Waals surface area (Å²) >= 11 is 0. The first-order valence-electron chi connectivity index (χ1n) is 4.09. The maximum Gasteiger partial charge on any atom is 0.337 e. The van der Waals surface area contributed by atoms with Crippen LogP contribution in [0.4, 0.5) is 10.5 Å². The summed E-state index contributed by atoms with van der Waals surface area (Å²) in [6, 6.07) is 3.14. The number of amides is 2. The van der Waals surface area contributed by atoms with Crippen LogP contribution in [0.5, 0.6) is 5.75 Å². The number of carbonyl (C=O) groups excluding carboxylic acids is 1. The van der Waals surface area contributed by atoms with Gasteiger partial charge in [0.1, 0.15) is 5.75 Å². The Morgan fingerprint density at radius 2 is 2.00 bits per heavy atom. The second-order valence-electron chi connectivity index (χ2n) is 2.74. The molecule has 1 rings (SSSR count). The van der Waals surface area contributed by atoms with Crippen molar-refractivity contribution in [2.45, 2.75) is 0 Å². The summed E-state index contributed by atoms with van der Waals surface area (Å²) in [5.74, 6) is -1.40. The van der Waals surface area contributed by atoms with Crippen LogP contribution in [0.1, 0.15) is 10.4 Å². The van der Waals surface area contributed by atoms with Gasteiger partial charge in [-0.3, -0.25) is 0 Å². The standard InChI is InChI=1S/C9H10N2O4/c1-10-9(15)11-7-3-2-5(12)4-6(7)8(13)14/h2-4,12H,1H3,(H,13,14)(H2,10,11,15). The van der Waals surface area contributed by atoms with Gasteiger partial charge in [0.25, 0.3) is 0 Å². The Labute approximate surface area is 85.5 Å². The number of carbonyl (C=O) groups is 2. The predicted molar refractivity (Wildman–Crippen MR) is 53.1 cm³/mol. The molecule has 80 valence electrons. The van der Waals surface area contributed by atoms with Crippen LogP contribution in [0.25, 0.3) is 0 Å². The summed E-state index contributed by atoms with van der Waals surface area (Å²) in [6.07, 6.45) is 0. The van der Waals surface area contributed by atoms with Gasteiger partial charge in [-0.05, 0) is 18.2 Å². The number of hydrogen-bond acceptors (Lipinski definition) is 3. The maximum atomic E-state index is 11.0. The summed E-state index contributed by atoms with van der Waals surface area (Å²) in [5.41, 5.74) is -0.0433. The van der Waals surface area contributed by atoms with Gasteiger partial charge in [0, 0.05) is 7.05 Å². The van der Waals surface area contributed by atoms with Crippen molar-refractivity contribution in [3.05, 3.63) is 23.8 Å². The van der Waals surface area contributed by atoms with Crippen molar-refractivity contribution in [1.29, 1.82) is 0 Å². The van der Waals surface area contributed by atoms with Crippen LogP contribution >= 0.6 is 0 Å². The van der Waals surface area contributed by atoms with Crippen molar-refractivity contribution in [3.8, 4) is 5.75 Å². The highest BCUT2D eigenvalue weighted by atomic mass is 16.4. The van der Waals surface area contributed by atoms with Gasteiger partial charge in [-0.2, -0.15) is 0 Å². The number of aromatic carboxylic acids is 1. The lowest BCUT2D eigenvalue weighted by atomic mass is 10.1. The van der Waals surface area contributed by atoms with Crippen LogP contribution in [-0.2, 0) is 0 Å². The van der Waals surface area contributed by atoms with Crippen molar-refractivity contribution >= 4 is 17.7 Å². The Kier molecular flexibility index (Phi) is 3.12. The normalized spacial score (nSPS) is 9.40. The van der Waals surface area contributed by atoms with E-state index in [1.165, 1.54) is 19.2 Å². The fourth-order valence-electron chi connectivity index (χ4n) is 1.00. The third-order valence-electron chi connectivity index (χ3n) is 1.71. The van der Waals surface area contributed by atoms with Crippen molar-refractivity contribution < 1.29 is 19.8 Å². The number of hydrogen-bond donors (Lipinski definition) is 4. The first-order chi connectivity index (χ1) is 7.04. The van der Waals surface area contributed by atoms with Crippen LogP contribution < -0.4 is 10.6 Å². The van der Waals surface area contributed by atoms with Crippen LogP contribution in [0.15, 0.2) is 18.2 Å². The van der Waals surface area contributed by atoms with E-state index < -0.39 is 12.0 Å². The van der Waals surface area contributed by atoms with Crippen LogP contribution in [-0.4, -0.2) is 29.3 Å². The van der Waals surface area contributed by atoms with E-state index in [0.717, 1.165) is 6.07 Å². The number of anilines is 1. The van der Waals surface area contributed by atoms with Crippen LogP contribution in [0.2, 0.25) is 0 Å². The summed E-state index contributed by atoms with van der Waals surface area (Å²) in [6.45, 7) is 0. The molecule has 0 saturated carbocycles. The molecule has 0 unspecified atom stereocenters. The third-order valence-corrected chi connectivity index (χ3v) is 1.71. The minimum atomic E-state index is -1.22. The number of carboxylic acids is 1. The topological polar surface area (TPSA) is 98.7 Å². The van der Waals surface area contributed by atoms with E-state index in [4.69, 9.17) is 10.2 Å². The molecule has 0 aliphatic rings. The third kappa shape index (κ3) is 2.60. The first kappa shape index (κ1) is 10.8. The van der Waals surface area contributed by atoms with E-state index in [1.807, 2.05) is 0 Å². The molecule has 0 bridgehead atoms. The molecule has 6 nitrogen and oxygen atoms in total. The molecule has 0 heterocycles. The predicted octanol–water partition coefficient (Wildman–Crippen LogP) is 0.842. The fraction of sp³-hybridized carbons (Fsp3) is 0.111. The smallest absolute Gasteiger partial charge is 0.337 e. The van der Waals surface area contributed by atoms with Gasteiger partial charge in [0.2, 0.25) is 0 Å². The average molecular weight is 210 g/mol. The molecule has 0 atom stereocenters. The number of aromatic hydroxyl groups is 1. The van der Waals surface area contributed by atoms with Gasteiger partial charge in [-0.25, -0.2) is 9.59 Å². The zero-order valence-corrected chi connectivity index (χ0v) is 7.94. The average Bonchev–Trinajstić information content (AvgIpc) is 2.20.